The Balaban J connectivity index is 2.35. The number of benzene rings is 1. The first kappa shape index (κ1) is 14.8. The lowest BCUT2D eigenvalue weighted by Crippen LogP contribution is -2.44. The van der Waals surface area contributed by atoms with Crippen molar-refractivity contribution in [2.75, 3.05) is 40.4 Å². The average Bonchev–Trinajstić information content (AvgIpc) is 2.50. The molecule has 110 valence electrons. The molecule has 1 saturated heterocycles. The molecule has 0 aromatic heterocycles. The van der Waals surface area contributed by atoms with E-state index in [0.29, 0.717) is 17.1 Å². The molecule has 1 aliphatic heterocycles. The lowest BCUT2D eigenvalue weighted by atomic mass is 10.0. The molecule has 4 nitrogen and oxygen atoms in total. The molecule has 20 heavy (non-hydrogen) atoms. The minimum atomic E-state index is -0.300. The molecule has 0 bridgehead atoms. The second-order valence-corrected chi connectivity index (χ2v) is 4.70. The molecule has 5 heteroatoms. The van der Waals surface area contributed by atoms with Crippen LogP contribution in [0.2, 0.25) is 0 Å². The van der Waals surface area contributed by atoms with Crippen molar-refractivity contribution in [1.29, 1.82) is 0 Å². The lowest BCUT2D eigenvalue weighted by Gasteiger charge is -2.33. The molecular weight excluding hydrogens is 259 g/mol. The maximum absolute atomic E-state index is 14.3. The summed E-state index contributed by atoms with van der Waals surface area (Å²) in [6.45, 7) is 7.39. The number of rotatable bonds is 5. The summed E-state index contributed by atoms with van der Waals surface area (Å²) in [7, 11) is 3.05. The molecule has 2 rings (SSSR count). The van der Waals surface area contributed by atoms with E-state index >= 15 is 0 Å². The summed E-state index contributed by atoms with van der Waals surface area (Å²) in [4.78, 5) is 2.20. The Labute approximate surface area is 119 Å². The van der Waals surface area contributed by atoms with Crippen LogP contribution in [0, 0.1) is 5.82 Å². The zero-order chi connectivity index (χ0) is 14.5. The Morgan fingerprint density at radius 1 is 1.25 bits per heavy atom. The van der Waals surface area contributed by atoms with E-state index in [0.717, 1.165) is 26.2 Å². The van der Waals surface area contributed by atoms with Gasteiger partial charge in [0.15, 0.2) is 11.5 Å². The maximum Gasteiger partial charge on any atom is 0.163 e. The van der Waals surface area contributed by atoms with Crippen LogP contribution in [-0.4, -0.2) is 45.3 Å². The van der Waals surface area contributed by atoms with Crippen LogP contribution < -0.4 is 14.8 Å². The van der Waals surface area contributed by atoms with E-state index in [-0.39, 0.29) is 11.9 Å². The third-order valence-corrected chi connectivity index (χ3v) is 3.59. The Morgan fingerprint density at radius 2 is 1.85 bits per heavy atom. The number of piperazine rings is 1. The van der Waals surface area contributed by atoms with Crippen LogP contribution in [0.4, 0.5) is 4.39 Å². The largest absolute Gasteiger partial charge is 0.493 e. The summed E-state index contributed by atoms with van der Waals surface area (Å²) in [6.07, 6.45) is 1.77. The number of methoxy groups -OCH3 is 2. The molecule has 0 unspecified atom stereocenters. The van der Waals surface area contributed by atoms with Crippen molar-refractivity contribution in [3.8, 4) is 11.5 Å². The first-order chi connectivity index (χ1) is 9.71. The third kappa shape index (κ3) is 2.94. The quantitative estimate of drug-likeness (QED) is 0.836. The molecule has 1 aromatic rings. The number of hydrogen-bond donors (Lipinski definition) is 1. The fraction of sp³-hybridized carbons (Fsp3) is 0.467. The summed E-state index contributed by atoms with van der Waals surface area (Å²) < 4.78 is 24.7. The van der Waals surface area contributed by atoms with Gasteiger partial charge in [-0.2, -0.15) is 0 Å². The molecule has 0 saturated carbocycles. The molecule has 1 fully saturated rings. The van der Waals surface area contributed by atoms with Gasteiger partial charge in [0, 0.05) is 37.8 Å². The summed E-state index contributed by atoms with van der Waals surface area (Å²) in [6, 6.07) is 2.91. The highest BCUT2D eigenvalue weighted by molar-refractivity contribution is 5.45. The minimum Gasteiger partial charge on any atom is -0.493 e. The van der Waals surface area contributed by atoms with Crippen molar-refractivity contribution >= 4 is 0 Å². The number of ether oxygens (including phenoxy) is 2. The monoisotopic (exact) mass is 280 g/mol. The van der Waals surface area contributed by atoms with Crippen LogP contribution in [0.1, 0.15) is 11.6 Å². The van der Waals surface area contributed by atoms with E-state index in [1.165, 1.54) is 13.2 Å². The van der Waals surface area contributed by atoms with E-state index in [4.69, 9.17) is 9.47 Å². The van der Waals surface area contributed by atoms with Gasteiger partial charge in [0.1, 0.15) is 5.82 Å². The molecule has 1 N–H and O–H groups in total. The molecule has 1 heterocycles. The number of hydrogen-bond acceptors (Lipinski definition) is 4. The van der Waals surface area contributed by atoms with Crippen molar-refractivity contribution in [3.63, 3.8) is 0 Å². The van der Waals surface area contributed by atoms with Crippen LogP contribution in [0.3, 0.4) is 0 Å². The number of halogens is 1. The van der Waals surface area contributed by atoms with Gasteiger partial charge in [0.05, 0.1) is 20.3 Å². The van der Waals surface area contributed by atoms with Crippen molar-refractivity contribution in [3.05, 3.63) is 36.2 Å². The highest BCUT2D eigenvalue weighted by Crippen LogP contribution is 2.34. The van der Waals surface area contributed by atoms with Gasteiger partial charge in [0.25, 0.3) is 0 Å². The van der Waals surface area contributed by atoms with Gasteiger partial charge < -0.3 is 14.8 Å². The van der Waals surface area contributed by atoms with E-state index in [9.17, 15) is 4.39 Å². The minimum absolute atomic E-state index is 0.156. The Morgan fingerprint density at radius 3 is 2.40 bits per heavy atom. The highest BCUT2D eigenvalue weighted by atomic mass is 19.1. The predicted molar refractivity (Wildman–Crippen MR) is 76.9 cm³/mol. The summed E-state index contributed by atoms with van der Waals surface area (Å²) in [5.74, 6) is 0.633. The van der Waals surface area contributed by atoms with Gasteiger partial charge in [-0.15, -0.1) is 6.58 Å². The Hall–Kier alpha value is -1.59. The summed E-state index contributed by atoms with van der Waals surface area (Å²) in [5, 5.41) is 3.29. The van der Waals surface area contributed by atoms with Crippen molar-refractivity contribution in [2.24, 2.45) is 0 Å². The fourth-order valence-corrected chi connectivity index (χ4v) is 2.53. The van der Waals surface area contributed by atoms with Crippen LogP contribution in [-0.2, 0) is 0 Å². The van der Waals surface area contributed by atoms with Gasteiger partial charge in [0.2, 0.25) is 0 Å². The van der Waals surface area contributed by atoms with Gasteiger partial charge in [-0.25, -0.2) is 4.39 Å². The zero-order valence-electron chi connectivity index (χ0n) is 12.0. The number of nitrogens with one attached hydrogen (secondary N) is 1. The normalized spacial score (nSPS) is 17.6. The first-order valence-corrected chi connectivity index (χ1v) is 6.70. The second kappa shape index (κ2) is 6.72. The topological polar surface area (TPSA) is 33.7 Å². The van der Waals surface area contributed by atoms with E-state index in [2.05, 4.69) is 16.8 Å². The van der Waals surface area contributed by atoms with E-state index in [1.54, 1.807) is 19.3 Å². The highest BCUT2D eigenvalue weighted by Gasteiger charge is 2.24. The lowest BCUT2D eigenvalue weighted by molar-refractivity contribution is 0.200. The summed E-state index contributed by atoms with van der Waals surface area (Å²) >= 11 is 0. The molecule has 1 aromatic carbocycles. The van der Waals surface area contributed by atoms with E-state index in [1.807, 2.05) is 0 Å². The molecule has 1 aliphatic rings. The fourth-order valence-electron chi connectivity index (χ4n) is 2.53. The van der Waals surface area contributed by atoms with Crippen LogP contribution >= 0.6 is 0 Å². The predicted octanol–water partition coefficient (Wildman–Crippen LogP) is 1.98. The molecule has 0 radical (unpaired) electrons. The SMILES string of the molecule is C=C[C@@H](c1cc(OC)c(OC)cc1F)N1CCNCC1. The van der Waals surface area contributed by atoms with Gasteiger partial charge in [-0.3, -0.25) is 4.90 Å². The molecule has 1 atom stereocenters. The maximum atomic E-state index is 14.3. The van der Waals surface area contributed by atoms with E-state index < -0.39 is 0 Å². The van der Waals surface area contributed by atoms with Crippen LogP contribution in [0.15, 0.2) is 24.8 Å². The van der Waals surface area contributed by atoms with Crippen molar-refractivity contribution in [1.82, 2.24) is 10.2 Å². The molecule has 0 amide bonds. The molecular formula is C15H21FN2O2. The molecule has 0 spiro atoms. The van der Waals surface area contributed by atoms with Crippen molar-refractivity contribution < 1.29 is 13.9 Å². The summed E-state index contributed by atoms with van der Waals surface area (Å²) in [5.41, 5.74) is 0.569. The Kier molecular flexibility index (Phi) is 4.98. The van der Waals surface area contributed by atoms with Gasteiger partial charge >= 0.3 is 0 Å². The van der Waals surface area contributed by atoms with Gasteiger partial charge in [-0.1, -0.05) is 6.08 Å². The molecule has 0 aliphatic carbocycles. The van der Waals surface area contributed by atoms with Crippen molar-refractivity contribution in [2.45, 2.75) is 6.04 Å². The van der Waals surface area contributed by atoms with Gasteiger partial charge in [-0.05, 0) is 6.07 Å². The first-order valence-electron chi connectivity index (χ1n) is 6.70. The smallest absolute Gasteiger partial charge is 0.163 e. The standard InChI is InChI=1S/C15H21FN2O2/c1-4-13(18-7-5-17-6-8-18)11-9-14(19-2)15(20-3)10-12(11)16/h4,9-10,13,17H,1,5-8H2,2-3H3/t13-/m0/s1. The zero-order valence-corrected chi connectivity index (χ0v) is 12.0. The average molecular weight is 280 g/mol. The second-order valence-electron chi connectivity index (χ2n) is 4.70. The van der Waals surface area contributed by atoms with Crippen LogP contribution in [0.25, 0.3) is 0 Å². The van der Waals surface area contributed by atoms with Crippen LogP contribution in [0.5, 0.6) is 11.5 Å². The Bertz CT molecular complexity index is 473. The third-order valence-electron chi connectivity index (χ3n) is 3.59. The number of nitrogens with zero attached hydrogens (tertiary/aromatic N) is 1.